The van der Waals surface area contributed by atoms with E-state index in [-0.39, 0.29) is 10.9 Å². The maximum atomic E-state index is 11.9. The number of ether oxygens (including phenoxy) is 5. The van der Waals surface area contributed by atoms with E-state index >= 15 is 0 Å². The van der Waals surface area contributed by atoms with Crippen molar-refractivity contribution in [3.63, 3.8) is 0 Å². The van der Waals surface area contributed by atoms with Crippen molar-refractivity contribution in [3.8, 4) is 28.7 Å². The molecule has 41 heavy (non-hydrogen) atoms. The van der Waals surface area contributed by atoms with Gasteiger partial charge in [0, 0.05) is 12.0 Å². The van der Waals surface area contributed by atoms with E-state index in [9.17, 15) is 8.42 Å². The van der Waals surface area contributed by atoms with Gasteiger partial charge in [-0.25, -0.2) is 13.6 Å². The molecule has 0 amide bonds. The lowest BCUT2D eigenvalue weighted by Crippen LogP contribution is -2.28. The summed E-state index contributed by atoms with van der Waals surface area (Å²) in [6.07, 6.45) is 4.51. The van der Waals surface area contributed by atoms with E-state index < -0.39 is 15.6 Å². The molecule has 0 aromatic heterocycles. The third kappa shape index (κ3) is 5.30. The van der Waals surface area contributed by atoms with Gasteiger partial charge in [-0.2, -0.15) is 5.10 Å². The van der Waals surface area contributed by atoms with Crippen LogP contribution in [0.4, 0.5) is 5.69 Å². The van der Waals surface area contributed by atoms with E-state index in [2.05, 4.69) is 0 Å². The Bertz CT molecular complexity index is 1620. The molecule has 2 aliphatic heterocycles. The van der Waals surface area contributed by atoms with Crippen LogP contribution in [0.25, 0.3) is 6.08 Å². The molecule has 10 nitrogen and oxygen atoms in total. The van der Waals surface area contributed by atoms with E-state index in [0.29, 0.717) is 40.9 Å². The number of primary sulfonamides is 1. The molecule has 0 bridgehead atoms. The highest BCUT2D eigenvalue weighted by Gasteiger charge is 2.35. The first-order chi connectivity index (χ1) is 19.5. The summed E-state index contributed by atoms with van der Waals surface area (Å²) >= 11 is 0. The van der Waals surface area contributed by atoms with Crippen molar-refractivity contribution in [3.05, 3.63) is 71.3 Å². The van der Waals surface area contributed by atoms with Gasteiger partial charge < -0.3 is 23.7 Å². The van der Waals surface area contributed by atoms with Crippen molar-refractivity contribution in [2.24, 2.45) is 10.2 Å². The molecule has 5 rings (SSSR count). The van der Waals surface area contributed by atoms with Crippen LogP contribution in [0.3, 0.4) is 0 Å². The highest BCUT2D eigenvalue weighted by molar-refractivity contribution is 7.89. The van der Waals surface area contributed by atoms with Crippen LogP contribution in [0, 0.1) is 0 Å². The molecule has 2 heterocycles. The van der Waals surface area contributed by atoms with Gasteiger partial charge in [-0.1, -0.05) is 0 Å². The number of rotatable bonds is 8. The lowest BCUT2D eigenvalue weighted by molar-refractivity contribution is 0.158. The van der Waals surface area contributed by atoms with Crippen LogP contribution in [-0.2, 0) is 10.0 Å². The van der Waals surface area contributed by atoms with Crippen LogP contribution in [0.1, 0.15) is 43.0 Å². The lowest BCUT2D eigenvalue weighted by Gasteiger charge is -2.30. The average Bonchev–Trinajstić information content (AvgIpc) is 3.40. The molecule has 1 atom stereocenters. The number of hydrogen-bond acceptors (Lipinski definition) is 9. The number of benzene rings is 3. The van der Waals surface area contributed by atoms with Crippen LogP contribution >= 0.6 is 0 Å². The summed E-state index contributed by atoms with van der Waals surface area (Å²) in [4.78, 5) is 0.0145. The number of nitrogens with zero attached hydrogens (tertiary/aromatic N) is 2. The Hall–Kier alpha value is -4.22. The first-order valence-corrected chi connectivity index (χ1v) is 14.4. The minimum atomic E-state index is -3.85. The van der Waals surface area contributed by atoms with Gasteiger partial charge in [-0.3, -0.25) is 5.01 Å². The Labute approximate surface area is 240 Å². The molecule has 216 valence electrons. The summed E-state index contributed by atoms with van der Waals surface area (Å²) in [5.41, 5.74) is 3.47. The van der Waals surface area contributed by atoms with Gasteiger partial charge in [0.25, 0.3) is 0 Å². The number of fused-ring (bicyclic) bond motifs is 1. The minimum absolute atomic E-state index is 0.0145. The summed E-state index contributed by atoms with van der Waals surface area (Å²) in [5, 5.41) is 12.2. The molecular formula is C30H33N3O7S. The number of sulfonamides is 1. The topological polar surface area (TPSA) is 122 Å². The van der Waals surface area contributed by atoms with Gasteiger partial charge in [-0.05, 0) is 80.1 Å². The standard InChI is InChI=1S/C30H33N3O7S/c1-30(2)14-13-22-25(36-3)12-11-21(28(22)40-30)23-17-24(18-15-26(37-4)29(39-6)27(16-18)38-5)33(32-23)19-7-9-20(10-8-19)41(31,34)35/h7-16,24H,17H2,1-6H3,(H2,31,34,35). The van der Waals surface area contributed by atoms with Crippen LogP contribution in [-0.4, -0.2) is 48.2 Å². The maximum Gasteiger partial charge on any atom is 0.238 e. The van der Waals surface area contributed by atoms with E-state index in [4.69, 9.17) is 33.9 Å². The van der Waals surface area contributed by atoms with Crippen molar-refractivity contribution in [2.45, 2.75) is 36.8 Å². The molecule has 3 aromatic carbocycles. The zero-order chi connectivity index (χ0) is 29.5. The lowest BCUT2D eigenvalue weighted by atomic mass is 9.93. The van der Waals surface area contributed by atoms with E-state index in [1.807, 2.05) is 55.3 Å². The van der Waals surface area contributed by atoms with Gasteiger partial charge in [0.2, 0.25) is 15.8 Å². The van der Waals surface area contributed by atoms with Crippen molar-refractivity contribution in [1.82, 2.24) is 0 Å². The number of anilines is 1. The predicted molar refractivity (Wildman–Crippen MR) is 157 cm³/mol. The first-order valence-electron chi connectivity index (χ1n) is 12.9. The van der Waals surface area contributed by atoms with Gasteiger partial charge in [-0.15, -0.1) is 0 Å². The van der Waals surface area contributed by atoms with Crippen LogP contribution in [0.5, 0.6) is 28.7 Å². The Morgan fingerprint density at radius 3 is 2.12 bits per heavy atom. The van der Waals surface area contributed by atoms with E-state index in [0.717, 1.165) is 22.4 Å². The molecule has 0 aliphatic carbocycles. The van der Waals surface area contributed by atoms with E-state index in [1.165, 1.54) is 12.1 Å². The second kappa shape index (κ2) is 10.6. The zero-order valence-corrected chi connectivity index (χ0v) is 24.6. The van der Waals surface area contributed by atoms with Gasteiger partial charge in [0.05, 0.1) is 56.3 Å². The third-order valence-corrected chi connectivity index (χ3v) is 8.04. The Morgan fingerprint density at radius 1 is 0.927 bits per heavy atom. The largest absolute Gasteiger partial charge is 0.496 e. The average molecular weight is 580 g/mol. The second-order valence-corrected chi connectivity index (χ2v) is 11.8. The molecule has 1 unspecified atom stereocenters. The van der Waals surface area contributed by atoms with Crippen LogP contribution < -0.4 is 33.8 Å². The van der Waals surface area contributed by atoms with Crippen LogP contribution in [0.15, 0.2) is 64.6 Å². The summed E-state index contributed by atoms with van der Waals surface area (Å²) < 4.78 is 52.6. The quantitative estimate of drug-likeness (QED) is 0.400. The fraction of sp³-hybridized carbons (Fsp3) is 0.300. The van der Waals surface area contributed by atoms with Gasteiger partial charge in [0.1, 0.15) is 17.1 Å². The number of methoxy groups -OCH3 is 4. The SMILES string of the molecule is COc1ccc(C2=NN(c3ccc(S(N)(=O)=O)cc3)C(c3cc(OC)c(OC)c(OC)c3)C2)c2c1C=CC(C)(C)O2. The Balaban J connectivity index is 1.66. The van der Waals surface area contributed by atoms with Gasteiger partial charge >= 0.3 is 0 Å². The Morgan fingerprint density at radius 2 is 1.56 bits per heavy atom. The number of hydrazone groups is 1. The van der Waals surface area contributed by atoms with E-state index in [1.54, 1.807) is 40.6 Å². The van der Waals surface area contributed by atoms with Crippen molar-refractivity contribution >= 4 is 27.5 Å². The smallest absolute Gasteiger partial charge is 0.238 e. The van der Waals surface area contributed by atoms with Crippen molar-refractivity contribution < 1.29 is 32.1 Å². The Kier molecular flexibility index (Phi) is 7.35. The monoisotopic (exact) mass is 579 g/mol. The predicted octanol–water partition coefficient (Wildman–Crippen LogP) is 4.91. The van der Waals surface area contributed by atoms with Crippen molar-refractivity contribution in [1.29, 1.82) is 0 Å². The summed E-state index contributed by atoms with van der Waals surface area (Å²) in [5.74, 6) is 2.89. The number of nitrogens with two attached hydrogens (primary N) is 1. The highest BCUT2D eigenvalue weighted by atomic mass is 32.2. The normalized spacial score (nSPS) is 17.4. The van der Waals surface area contributed by atoms with Crippen LogP contribution in [0.2, 0.25) is 0 Å². The molecule has 2 N–H and O–H groups in total. The fourth-order valence-electron chi connectivity index (χ4n) is 5.09. The summed E-state index contributed by atoms with van der Waals surface area (Å²) in [6, 6.07) is 13.6. The number of hydrogen-bond donors (Lipinski definition) is 1. The fourth-order valence-corrected chi connectivity index (χ4v) is 5.60. The molecule has 0 saturated carbocycles. The molecule has 11 heteroatoms. The molecule has 0 spiro atoms. The first kappa shape index (κ1) is 28.3. The zero-order valence-electron chi connectivity index (χ0n) is 23.8. The molecule has 0 saturated heterocycles. The minimum Gasteiger partial charge on any atom is -0.496 e. The third-order valence-electron chi connectivity index (χ3n) is 7.12. The molecule has 2 aliphatic rings. The summed E-state index contributed by atoms with van der Waals surface area (Å²) in [6.45, 7) is 3.98. The van der Waals surface area contributed by atoms with Crippen molar-refractivity contribution in [2.75, 3.05) is 33.4 Å². The molecule has 0 radical (unpaired) electrons. The maximum absolute atomic E-state index is 11.9. The second-order valence-electron chi connectivity index (χ2n) is 10.2. The highest BCUT2D eigenvalue weighted by Crippen LogP contribution is 2.46. The van der Waals surface area contributed by atoms with Gasteiger partial charge in [0.15, 0.2) is 11.5 Å². The molecular weight excluding hydrogens is 546 g/mol. The molecule has 0 fully saturated rings. The molecule has 3 aromatic rings. The summed E-state index contributed by atoms with van der Waals surface area (Å²) in [7, 11) is 2.46.